The third kappa shape index (κ3) is 5.13. The van der Waals surface area contributed by atoms with Gasteiger partial charge in [0.25, 0.3) is 0 Å². The first-order valence-corrected chi connectivity index (χ1v) is 6.63. The van der Waals surface area contributed by atoms with E-state index in [0.29, 0.717) is 13.0 Å². The van der Waals surface area contributed by atoms with Crippen LogP contribution in [0.3, 0.4) is 0 Å². The maximum atomic E-state index is 11.4. The first-order chi connectivity index (χ1) is 8.63. The quantitative estimate of drug-likeness (QED) is 0.700. The summed E-state index contributed by atoms with van der Waals surface area (Å²) < 4.78 is 0. The van der Waals surface area contributed by atoms with Gasteiger partial charge >= 0.3 is 12.0 Å². The van der Waals surface area contributed by atoms with Crippen LogP contribution in [-0.2, 0) is 11.3 Å². The zero-order valence-electron chi connectivity index (χ0n) is 10.2. The Bertz CT molecular complexity index is 381. The van der Waals surface area contributed by atoms with Gasteiger partial charge in [-0.25, -0.2) is 4.79 Å². The first kappa shape index (κ1) is 14.4. The normalized spacial score (nSPS) is 11.8. The maximum absolute atomic E-state index is 11.4. The van der Waals surface area contributed by atoms with Crippen LogP contribution in [0, 0.1) is 5.92 Å². The van der Waals surface area contributed by atoms with Gasteiger partial charge in [-0.1, -0.05) is 13.3 Å². The Balaban J connectivity index is 2.25. The Kier molecular flexibility index (Phi) is 6.13. The summed E-state index contributed by atoms with van der Waals surface area (Å²) in [5.74, 6) is -1.40. The SMILES string of the molecule is CCCC(CNC(=O)NCc1cncs1)C(=O)O. The Morgan fingerprint density at radius 3 is 2.83 bits per heavy atom. The molecule has 1 aromatic rings. The van der Waals surface area contributed by atoms with Crippen LogP contribution in [0.5, 0.6) is 0 Å². The Morgan fingerprint density at radius 1 is 1.50 bits per heavy atom. The molecule has 7 heteroatoms. The smallest absolute Gasteiger partial charge is 0.315 e. The van der Waals surface area contributed by atoms with Crippen molar-refractivity contribution in [3.63, 3.8) is 0 Å². The van der Waals surface area contributed by atoms with E-state index >= 15 is 0 Å². The van der Waals surface area contributed by atoms with Crippen LogP contribution in [-0.4, -0.2) is 28.6 Å². The van der Waals surface area contributed by atoms with Crippen LogP contribution in [0.2, 0.25) is 0 Å². The number of carboxylic acids is 1. The molecule has 0 aromatic carbocycles. The van der Waals surface area contributed by atoms with Gasteiger partial charge in [-0.05, 0) is 6.42 Å². The average Bonchev–Trinajstić information content (AvgIpc) is 2.84. The van der Waals surface area contributed by atoms with E-state index in [2.05, 4.69) is 15.6 Å². The minimum Gasteiger partial charge on any atom is -0.481 e. The molecule has 18 heavy (non-hydrogen) atoms. The predicted molar refractivity (Wildman–Crippen MR) is 68.4 cm³/mol. The zero-order valence-corrected chi connectivity index (χ0v) is 11.0. The first-order valence-electron chi connectivity index (χ1n) is 5.75. The number of hydrogen-bond donors (Lipinski definition) is 3. The molecular weight excluding hydrogens is 254 g/mol. The minimum absolute atomic E-state index is 0.150. The molecular formula is C11H17N3O3S. The number of nitrogens with one attached hydrogen (secondary N) is 2. The lowest BCUT2D eigenvalue weighted by Crippen LogP contribution is -2.39. The number of carbonyl (C=O) groups excluding carboxylic acids is 1. The summed E-state index contributed by atoms with van der Waals surface area (Å²) in [5.41, 5.74) is 1.69. The van der Waals surface area contributed by atoms with E-state index in [0.717, 1.165) is 11.3 Å². The number of amides is 2. The lowest BCUT2D eigenvalue weighted by molar-refractivity contribution is -0.141. The van der Waals surface area contributed by atoms with Crippen LogP contribution in [0.25, 0.3) is 0 Å². The van der Waals surface area contributed by atoms with E-state index in [9.17, 15) is 9.59 Å². The second kappa shape index (κ2) is 7.65. The van der Waals surface area contributed by atoms with Gasteiger partial charge in [0.2, 0.25) is 0 Å². The Hall–Kier alpha value is -1.63. The zero-order chi connectivity index (χ0) is 13.4. The lowest BCUT2D eigenvalue weighted by Gasteiger charge is -2.12. The van der Waals surface area contributed by atoms with Crippen molar-refractivity contribution in [2.24, 2.45) is 5.92 Å². The maximum Gasteiger partial charge on any atom is 0.315 e. The molecule has 2 amide bonds. The number of hydrogen-bond acceptors (Lipinski definition) is 4. The molecule has 0 aliphatic rings. The van der Waals surface area contributed by atoms with E-state index in [1.807, 2.05) is 6.92 Å². The standard InChI is InChI=1S/C11H17N3O3S/c1-2-3-8(10(15)16)4-13-11(17)14-6-9-5-12-7-18-9/h5,7-8H,2-4,6H2,1H3,(H,15,16)(H2,13,14,17). The van der Waals surface area contributed by atoms with Crippen molar-refractivity contribution in [2.75, 3.05) is 6.54 Å². The fourth-order valence-electron chi connectivity index (χ4n) is 1.44. The fourth-order valence-corrected chi connectivity index (χ4v) is 1.97. The molecule has 1 unspecified atom stereocenters. The number of thiazole rings is 1. The van der Waals surface area contributed by atoms with Gasteiger partial charge in [0.15, 0.2) is 0 Å². The number of carbonyl (C=O) groups is 2. The monoisotopic (exact) mass is 271 g/mol. The largest absolute Gasteiger partial charge is 0.481 e. The van der Waals surface area contributed by atoms with Crippen molar-refractivity contribution >= 4 is 23.3 Å². The summed E-state index contributed by atoms with van der Waals surface area (Å²) in [5, 5.41) is 14.1. The van der Waals surface area contributed by atoms with Gasteiger partial charge < -0.3 is 15.7 Å². The molecule has 0 radical (unpaired) electrons. The number of aliphatic carboxylic acids is 1. The van der Waals surface area contributed by atoms with Crippen molar-refractivity contribution in [2.45, 2.75) is 26.3 Å². The van der Waals surface area contributed by atoms with Crippen molar-refractivity contribution in [3.8, 4) is 0 Å². The van der Waals surface area contributed by atoms with E-state index in [1.165, 1.54) is 11.3 Å². The highest BCUT2D eigenvalue weighted by atomic mass is 32.1. The molecule has 6 nitrogen and oxygen atoms in total. The fraction of sp³-hybridized carbons (Fsp3) is 0.545. The van der Waals surface area contributed by atoms with Gasteiger partial charge in [-0.15, -0.1) is 11.3 Å². The van der Waals surface area contributed by atoms with E-state index in [-0.39, 0.29) is 12.6 Å². The lowest BCUT2D eigenvalue weighted by atomic mass is 10.0. The topological polar surface area (TPSA) is 91.3 Å². The second-order valence-electron chi connectivity index (χ2n) is 3.86. The number of nitrogens with zero attached hydrogens (tertiary/aromatic N) is 1. The van der Waals surface area contributed by atoms with Crippen LogP contribution in [0.4, 0.5) is 4.79 Å². The third-order valence-electron chi connectivity index (χ3n) is 2.40. The second-order valence-corrected chi connectivity index (χ2v) is 4.83. The van der Waals surface area contributed by atoms with Gasteiger partial charge in [0.1, 0.15) is 0 Å². The minimum atomic E-state index is -0.875. The summed E-state index contributed by atoms with van der Waals surface area (Å²) in [6.07, 6.45) is 3.02. The third-order valence-corrected chi connectivity index (χ3v) is 3.18. The molecule has 0 fully saturated rings. The van der Waals surface area contributed by atoms with Crippen LogP contribution < -0.4 is 10.6 Å². The van der Waals surface area contributed by atoms with Crippen LogP contribution in [0.1, 0.15) is 24.6 Å². The van der Waals surface area contributed by atoms with E-state index in [4.69, 9.17) is 5.11 Å². The number of rotatable bonds is 7. The van der Waals surface area contributed by atoms with Gasteiger partial charge in [0, 0.05) is 17.6 Å². The summed E-state index contributed by atoms with van der Waals surface area (Å²) in [6.45, 7) is 2.47. The molecule has 0 spiro atoms. The van der Waals surface area contributed by atoms with Crippen LogP contribution >= 0.6 is 11.3 Å². The van der Waals surface area contributed by atoms with E-state index < -0.39 is 11.9 Å². The molecule has 0 bridgehead atoms. The van der Waals surface area contributed by atoms with Crippen LogP contribution in [0.15, 0.2) is 11.7 Å². The Labute approximate surface area is 109 Å². The molecule has 1 aromatic heterocycles. The highest BCUT2D eigenvalue weighted by Crippen LogP contribution is 2.05. The molecule has 100 valence electrons. The molecule has 0 aliphatic heterocycles. The number of urea groups is 1. The highest BCUT2D eigenvalue weighted by Gasteiger charge is 2.16. The summed E-state index contributed by atoms with van der Waals surface area (Å²) in [4.78, 5) is 27.2. The van der Waals surface area contributed by atoms with Gasteiger partial charge in [-0.3, -0.25) is 9.78 Å². The van der Waals surface area contributed by atoms with Crippen molar-refractivity contribution < 1.29 is 14.7 Å². The molecule has 1 rings (SSSR count). The van der Waals surface area contributed by atoms with Crippen molar-refractivity contribution in [1.82, 2.24) is 15.6 Å². The van der Waals surface area contributed by atoms with Crippen molar-refractivity contribution in [3.05, 3.63) is 16.6 Å². The van der Waals surface area contributed by atoms with Gasteiger partial charge in [-0.2, -0.15) is 0 Å². The van der Waals surface area contributed by atoms with E-state index in [1.54, 1.807) is 11.7 Å². The summed E-state index contributed by atoms with van der Waals surface area (Å²) in [7, 11) is 0. The molecule has 3 N–H and O–H groups in total. The Morgan fingerprint density at radius 2 is 2.28 bits per heavy atom. The molecule has 0 aliphatic carbocycles. The molecule has 0 saturated heterocycles. The predicted octanol–water partition coefficient (Wildman–Crippen LogP) is 1.44. The number of aromatic nitrogens is 1. The summed E-state index contributed by atoms with van der Waals surface area (Å²) >= 11 is 1.45. The molecule has 1 atom stereocenters. The van der Waals surface area contributed by atoms with Crippen molar-refractivity contribution in [1.29, 1.82) is 0 Å². The number of carboxylic acid groups (broad SMARTS) is 1. The average molecular weight is 271 g/mol. The molecule has 1 heterocycles. The highest BCUT2D eigenvalue weighted by molar-refractivity contribution is 7.09. The summed E-state index contributed by atoms with van der Waals surface area (Å²) in [6, 6.07) is -0.356. The molecule has 0 saturated carbocycles. The van der Waals surface area contributed by atoms with Gasteiger partial charge in [0.05, 0.1) is 18.0 Å².